The van der Waals surface area contributed by atoms with Crippen LogP contribution in [0.4, 0.5) is 4.39 Å². The number of hydrogen-bond donors (Lipinski definition) is 0. The SMILES string of the molecule is CO[C@H]1C([C@@]2(C)O[C@@H]2CC=C(C)C)[C@]2(CC[C@@H]1F)CO2. The van der Waals surface area contributed by atoms with Gasteiger partial charge in [-0.1, -0.05) is 11.6 Å². The molecule has 2 heterocycles. The second-order valence-electron chi connectivity index (χ2n) is 6.89. The molecule has 0 amide bonds. The van der Waals surface area contributed by atoms with E-state index in [0.29, 0.717) is 6.42 Å². The molecule has 20 heavy (non-hydrogen) atoms. The van der Waals surface area contributed by atoms with Crippen LogP contribution in [-0.2, 0) is 14.2 Å². The van der Waals surface area contributed by atoms with E-state index in [9.17, 15) is 4.39 Å². The maximum Gasteiger partial charge on any atom is 0.127 e. The number of methoxy groups -OCH3 is 1. The Bertz CT molecular complexity index is 414. The molecular formula is C16H25FO3. The summed E-state index contributed by atoms with van der Waals surface area (Å²) in [5.74, 6) is -0.000637. The third kappa shape index (κ3) is 2.22. The highest BCUT2D eigenvalue weighted by molar-refractivity contribution is 5.20. The summed E-state index contributed by atoms with van der Waals surface area (Å²) >= 11 is 0. The summed E-state index contributed by atoms with van der Waals surface area (Å²) in [5.41, 5.74) is 0.779. The smallest absolute Gasteiger partial charge is 0.127 e. The van der Waals surface area contributed by atoms with Gasteiger partial charge in [0.1, 0.15) is 11.8 Å². The van der Waals surface area contributed by atoms with Crippen molar-refractivity contribution in [3.63, 3.8) is 0 Å². The molecule has 1 spiro atoms. The Labute approximate surface area is 120 Å². The van der Waals surface area contributed by atoms with Crippen LogP contribution in [-0.4, -0.2) is 43.3 Å². The molecule has 1 aliphatic carbocycles. The zero-order valence-corrected chi connectivity index (χ0v) is 12.8. The number of rotatable bonds is 4. The van der Waals surface area contributed by atoms with Gasteiger partial charge >= 0.3 is 0 Å². The minimum absolute atomic E-state index is 0.000637. The molecule has 0 aromatic heterocycles. The second-order valence-corrected chi connectivity index (χ2v) is 6.89. The van der Waals surface area contributed by atoms with Gasteiger partial charge in [0.15, 0.2) is 0 Å². The normalized spacial score (nSPS) is 50.0. The molecule has 0 aromatic carbocycles. The molecule has 4 heteroatoms. The molecule has 1 unspecified atom stereocenters. The quantitative estimate of drug-likeness (QED) is 0.588. The zero-order valence-electron chi connectivity index (χ0n) is 12.8. The van der Waals surface area contributed by atoms with Crippen LogP contribution in [0.15, 0.2) is 11.6 Å². The summed E-state index contributed by atoms with van der Waals surface area (Å²) in [5, 5.41) is 0. The Hall–Kier alpha value is -0.450. The molecule has 0 bridgehead atoms. The Morgan fingerprint density at radius 3 is 2.70 bits per heavy atom. The van der Waals surface area contributed by atoms with Crippen LogP contribution in [0.1, 0.15) is 40.0 Å². The summed E-state index contributed by atoms with van der Waals surface area (Å²) < 4.78 is 31.4. The van der Waals surface area contributed by atoms with Crippen LogP contribution >= 0.6 is 0 Å². The van der Waals surface area contributed by atoms with Crippen LogP contribution in [0, 0.1) is 5.92 Å². The minimum Gasteiger partial charge on any atom is -0.378 e. The van der Waals surface area contributed by atoms with Gasteiger partial charge in [-0.2, -0.15) is 0 Å². The van der Waals surface area contributed by atoms with Crippen LogP contribution < -0.4 is 0 Å². The highest BCUT2D eigenvalue weighted by Gasteiger charge is 2.71. The number of allylic oxidation sites excluding steroid dienone is 1. The minimum atomic E-state index is -0.912. The topological polar surface area (TPSA) is 34.3 Å². The first-order chi connectivity index (χ1) is 9.43. The van der Waals surface area contributed by atoms with Crippen molar-refractivity contribution in [1.29, 1.82) is 0 Å². The highest BCUT2D eigenvalue weighted by Crippen LogP contribution is 2.59. The Morgan fingerprint density at radius 2 is 2.15 bits per heavy atom. The number of hydrogen-bond acceptors (Lipinski definition) is 3. The molecule has 1 saturated carbocycles. The standard InChI is InChI=1S/C16H25FO3/c1-10(2)5-6-12-15(3,20-12)14-13(18-4)11(17)7-8-16(14)9-19-16/h5,11-14H,6-9H2,1-4H3/t11-,12+,13+,14?,15-,16-/m0/s1. The molecule has 3 rings (SSSR count). The number of epoxide rings is 2. The van der Waals surface area contributed by atoms with Crippen LogP contribution in [0.3, 0.4) is 0 Å². The average molecular weight is 284 g/mol. The largest absolute Gasteiger partial charge is 0.378 e. The van der Waals surface area contributed by atoms with Gasteiger partial charge < -0.3 is 14.2 Å². The van der Waals surface area contributed by atoms with Crippen LogP contribution in [0.2, 0.25) is 0 Å². The van der Waals surface area contributed by atoms with E-state index in [4.69, 9.17) is 14.2 Å². The van der Waals surface area contributed by atoms with Gasteiger partial charge in [-0.25, -0.2) is 4.39 Å². The average Bonchev–Trinajstić information content (AvgIpc) is 3.29. The Morgan fingerprint density at radius 1 is 1.45 bits per heavy atom. The van der Waals surface area contributed by atoms with Gasteiger partial charge in [0.2, 0.25) is 0 Å². The summed E-state index contributed by atoms with van der Waals surface area (Å²) in [6.45, 7) is 6.98. The fourth-order valence-corrected chi connectivity index (χ4v) is 3.93. The molecule has 2 aliphatic heterocycles. The van der Waals surface area contributed by atoms with Crippen molar-refractivity contribution in [1.82, 2.24) is 0 Å². The van der Waals surface area contributed by atoms with Gasteiger partial charge in [-0.3, -0.25) is 0 Å². The van der Waals surface area contributed by atoms with Gasteiger partial charge in [0, 0.05) is 7.11 Å². The van der Waals surface area contributed by atoms with Gasteiger partial charge in [0.25, 0.3) is 0 Å². The molecule has 6 atom stereocenters. The fourth-order valence-electron chi connectivity index (χ4n) is 3.93. The Balaban J connectivity index is 1.78. The zero-order chi connectivity index (χ0) is 14.5. The molecule has 3 nitrogen and oxygen atoms in total. The lowest BCUT2D eigenvalue weighted by Crippen LogP contribution is -2.53. The summed E-state index contributed by atoms with van der Waals surface area (Å²) in [6.07, 6.45) is 3.23. The number of alkyl halides is 1. The van der Waals surface area contributed by atoms with E-state index in [2.05, 4.69) is 26.8 Å². The predicted octanol–water partition coefficient (Wildman–Crippen LogP) is 3.03. The summed E-state index contributed by atoms with van der Waals surface area (Å²) in [4.78, 5) is 0. The maximum atomic E-state index is 14.2. The van der Waals surface area contributed by atoms with Crippen molar-refractivity contribution in [2.24, 2.45) is 5.92 Å². The number of ether oxygens (including phenoxy) is 3. The first kappa shape index (κ1) is 14.5. The first-order valence-corrected chi connectivity index (χ1v) is 7.55. The monoisotopic (exact) mass is 284 g/mol. The van der Waals surface area contributed by atoms with Gasteiger partial charge in [-0.15, -0.1) is 0 Å². The van der Waals surface area contributed by atoms with Crippen LogP contribution in [0.25, 0.3) is 0 Å². The third-order valence-corrected chi connectivity index (χ3v) is 5.22. The maximum absolute atomic E-state index is 14.2. The lowest BCUT2D eigenvalue weighted by atomic mass is 9.68. The van der Waals surface area contributed by atoms with Crippen molar-refractivity contribution in [2.45, 2.75) is 69.6 Å². The van der Waals surface area contributed by atoms with Crippen molar-refractivity contribution in [2.75, 3.05) is 13.7 Å². The van der Waals surface area contributed by atoms with Crippen molar-refractivity contribution in [3.05, 3.63) is 11.6 Å². The molecule has 0 aromatic rings. The molecular weight excluding hydrogens is 259 g/mol. The van der Waals surface area contributed by atoms with E-state index < -0.39 is 12.3 Å². The van der Waals surface area contributed by atoms with E-state index in [1.165, 1.54) is 5.57 Å². The second kappa shape index (κ2) is 4.79. The lowest BCUT2D eigenvalue weighted by Gasteiger charge is -2.40. The van der Waals surface area contributed by atoms with Crippen molar-refractivity contribution < 1.29 is 18.6 Å². The van der Waals surface area contributed by atoms with E-state index in [1.807, 2.05) is 0 Å². The summed E-state index contributed by atoms with van der Waals surface area (Å²) in [6, 6.07) is 0. The fraction of sp³-hybridized carbons (Fsp3) is 0.875. The highest BCUT2D eigenvalue weighted by atomic mass is 19.1. The van der Waals surface area contributed by atoms with Crippen molar-refractivity contribution in [3.8, 4) is 0 Å². The van der Waals surface area contributed by atoms with E-state index in [-0.39, 0.29) is 23.2 Å². The first-order valence-electron chi connectivity index (χ1n) is 7.55. The Kier molecular flexibility index (Phi) is 3.47. The van der Waals surface area contributed by atoms with Crippen molar-refractivity contribution >= 4 is 0 Å². The molecule has 114 valence electrons. The van der Waals surface area contributed by atoms with E-state index in [0.717, 1.165) is 19.4 Å². The lowest BCUT2D eigenvalue weighted by molar-refractivity contribution is -0.0905. The summed E-state index contributed by atoms with van der Waals surface area (Å²) in [7, 11) is 1.60. The van der Waals surface area contributed by atoms with Gasteiger partial charge in [-0.05, 0) is 40.0 Å². The van der Waals surface area contributed by atoms with E-state index in [1.54, 1.807) is 7.11 Å². The molecule has 3 fully saturated rings. The molecule has 2 saturated heterocycles. The molecule has 0 N–H and O–H groups in total. The number of halogens is 1. The van der Waals surface area contributed by atoms with E-state index >= 15 is 0 Å². The van der Waals surface area contributed by atoms with Crippen LogP contribution in [0.5, 0.6) is 0 Å². The third-order valence-electron chi connectivity index (χ3n) is 5.22. The molecule has 0 radical (unpaired) electrons. The predicted molar refractivity (Wildman–Crippen MR) is 74.4 cm³/mol. The van der Waals surface area contributed by atoms with Gasteiger partial charge in [0.05, 0.1) is 30.3 Å². The molecule has 3 aliphatic rings.